The fraction of sp³-hybridized carbons (Fsp3) is 0.316. The summed E-state index contributed by atoms with van der Waals surface area (Å²) in [5.74, 6) is -0.786. The summed E-state index contributed by atoms with van der Waals surface area (Å²) in [6.07, 6.45) is 3.44. The fourth-order valence-corrected chi connectivity index (χ4v) is 3.88. The lowest BCUT2D eigenvalue weighted by molar-refractivity contribution is -0.126. The van der Waals surface area contributed by atoms with E-state index in [0.29, 0.717) is 12.2 Å². The minimum absolute atomic E-state index is 0.125. The highest BCUT2D eigenvalue weighted by atomic mass is 32.2. The number of rotatable bonds is 6. The van der Waals surface area contributed by atoms with Gasteiger partial charge in [-0.25, -0.2) is 12.7 Å². The smallest absolute Gasteiger partial charge is 0.242 e. The number of benzene rings is 1. The molecule has 2 amide bonds. The van der Waals surface area contributed by atoms with Gasteiger partial charge in [0.15, 0.2) is 0 Å². The second-order valence-electron chi connectivity index (χ2n) is 6.76. The van der Waals surface area contributed by atoms with Crippen molar-refractivity contribution >= 4 is 27.5 Å². The lowest BCUT2D eigenvalue weighted by Gasteiger charge is -2.18. The molecule has 0 aliphatic carbocycles. The van der Waals surface area contributed by atoms with Gasteiger partial charge >= 0.3 is 0 Å². The van der Waals surface area contributed by atoms with E-state index in [1.165, 1.54) is 31.1 Å². The number of hydrogen-bond donors (Lipinski definition) is 1. The number of anilines is 1. The Labute approximate surface area is 164 Å². The van der Waals surface area contributed by atoms with Gasteiger partial charge < -0.3 is 10.2 Å². The summed E-state index contributed by atoms with van der Waals surface area (Å²) in [4.78, 5) is 30.4. The predicted octanol–water partition coefficient (Wildman–Crippen LogP) is 1.00. The molecule has 0 bridgehead atoms. The van der Waals surface area contributed by atoms with Gasteiger partial charge in [0.1, 0.15) is 0 Å². The van der Waals surface area contributed by atoms with E-state index in [1.807, 2.05) is 12.1 Å². The van der Waals surface area contributed by atoms with E-state index in [-0.39, 0.29) is 29.7 Å². The highest BCUT2D eigenvalue weighted by Gasteiger charge is 2.35. The van der Waals surface area contributed by atoms with Crippen LogP contribution in [0.1, 0.15) is 12.0 Å². The van der Waals surface area contributed by atoms with Crippen LogP contribution in [0.25, 0.3) is 0 Å². The number of carbonyl (C=O) groups is 2. The second-order valence-corrected chi connectivity index (χ2v) is 8.91. The Balaban J connectivity index is 1.65. The largest absolute Gasteiger partial charge is 0.352 e. The molecule has 1 atom stereocenters. The summed E-state index contributed by atoms with van der Waals surface area (Å²) in [6, 6.07) is 9.74. The molecule has 1 saturated heterocycles. The van der Waals surface area contributed by atoms with Crippen molar-refractivity contribution in [3.05, 3.63) is 54.4 Å². The summed E-state index contributed by atoms with van der Waals surface area (Å²) < 4.78 is 25.4. The molecule has 1 aliphatic rings. The van der Waals surface area contributed by atoms with Crippen LogP contribution in [-0.4, -0.2) is 50.2 Å². The van der Waals surface area contributed by atoms with E-state index in [0.717, 1.165) is 9.87 Å². The predicted molar refractivity (Wildman–Crippen MR) is 104 cm³/mol. The number of nitrogens with zero attached hydrogens (tertiary/aromatic N) is 3. The maximum atomic E-state index is 12.4. The molecule has 1 aromatic carbocycles. The Bertz CT molecular complexity index is 959. The zero-order chi connectivity index (χ0) is 20.3. The normalized spacial score (nSPS) is 17.2. The topological polar surface area (TPSA) is 99.7 Å². The minimum Gasteiger partial charge on any atom is -0.352 e. The van der Waals surface area contributed by atoms with Crippen molar-refractivity contribution in [3.8, 4) is 0 Å². The summed E-state index contributed by atoms with van der Waals surface area (Å²) in [5.41, 5.74) is 1.51. The summed E-state index contributed by atoms with van der Waals surface area (Å²) in [5, 5.41) is 2.84. The third-order valence-electron chi connectivity index (χ3n) is 4.64. The number of aromatic nitrogens is 1. The Kier molecular flexibility index (Phi) is 5.76. The number of nitrogens with one attached hydrogen (secondary N) is 1. The highest BCUT2D eigenvalue weighted by molar-refractivity contribution is 7.89. The average Bonchev–Trinajstić information content (AvgIpc) is 3.08. The van der Waals surface area contributed by atoms with E-state index in [4.69, 9.17) is 0 Å². The van der Waals surface area contributed by atoms with Gasteiger partial charge in [0.25, 0.3) is 0 Å². The molecule has 1 aromatic heterocycles. The maximum absolute atomic E-state index is 12.4. The average molecular weight is 402 g/mol. The van der Waals surface area contributed by atoms with Crippen LogP contribution < -0.4 is 10.2 Å². The third-order valence-corrected chi connectivity index (χ3v) is 6.47. The van der Waals surface area contributed by atoms with Crippen LogP contribution in [0.4, 0.5) is 5.69 Å². The standard InChI is InChI=1S/C19H22N4O4S/c1-22(2)28(26,27)17-5-3-16(4-6-17)23-13-15(11-18(23)24)19(25)21-12-14-7-9-20-10-8-14/h3-10,15H,11-13H2,1-2H3,(H,21,25)/t15-/m0/s1. The van der Waals surface area contributed by atoms with Gasteiger partial charge in [-0.15, -0.1) is 0 Å². The van der Waals surface area contributed by atoms with Crippen LogP contribution in [-0.2, 0) is 26.2 Å². The van der Waals surface area contributed by atoms with Crippen molar-refractivity contribution in [2.24, 2.45) is 5.92 Å². The molecule has 9 heteroatoms. The van der Waals surface area contributed by atoms with E-state index < -0.39 is 15.9 Å². The first-order valence-corrected chi connectivity index (χ1v) is 10.2. The molecule has 0 spiro atoms. The Hall–Kier alpha value is -2.78. The fourth-order valence-electron chi connectivity index (χ4n) is 2.98. The van der Waals surface area contributed by atoms with Crippen LogP contribution >= 0.6 is 0 Å². The highest BCUT2D eigenvalue weighted by Crippen LogP contribution is 2.27. The molecule has 1 fully saturated rings. The van der Waals surface area contributed by atoms with Crippen molar-refractivity contribution in [1.29, 1.82) is 0 Å². The second kappa shape index (κ2) is 8.07. The van der Waals surface area contributed by atoms with Crippen molar-refractivity contribution in [3.63, 3.8) is 0 Å². The minimum atomic E-state index is -3.53. The first kappa shape index (κ1) is 20.0. The van der Waals surface area contributed by atoms with Gasteiger partial charge in [0.05, 0.1) is 10.8 Å². The van der Waals surface area contributed by atoms with Crippen LogP contribution in [0.3, 0.4) is 0 Å². The first-order valence-electron chi connectivity index (χ1n) is 8.78. The molecule has 0 saturated carbocycles. The van der Waals surface area contributed by atoms with E-state index in [1.54, 1.807) is 24.5 Å². The van der Waals surface area contributed by atoms with Crippen LogP contribution in [0.2, 0.25) is 0 Å². The molecule has 3 rings (SSSR count). The van der Waals surface area contributed by atoms with Crippen molar-refractivity contribution in [2.75, 3.05) is 25.5 Å². The molecule has 2 aromatic rings. The molecular formula is C19H22N4O4S. The number of amides is 2. The SMILES string of the molecule is CN(C)S(=O)(=O)c1ccc(N2C[C@@H](C(=O)NCc3ccncc3)CC2=O)cc1. The number of hydrogen-bond acceptors (Lipinski definition) is 5. The molecule has 28 heavy (non-hydrogen) atoms. The first-order chi connectivity index (χ1) is 13.3. The molecule has 1 N–H and O–H groups in total. The maximum Gasteiger partial charge on any atom is 0.242 e. The molecule has 1 aliphatic heterocycles. The number of pyridine rings is 1. The zero-order valence-electron chi connectivity index (χ0n) is 15.7. The number of carbonyl (C=O) groups excluding carboxylic acids is 2. The number of sulfonamides is 1. The molecule has 0 unspecified atom stereocenters. The Morgan fingerprint density at radius 1 is 1.18 bits per heavy atom. The zero-order valence-corrected chi connectivity index (χ0v) is 16.5. The van der Waals surface area contributed by atoms with E-state index in [2.05, 4.69) is 10.3 Å². The summed E-state index contributed by atoms with van der Waals surface area (Å²) in [7, 11) is -0.606. The molecule has 148 valence electrons. The molecule has 2 heterocycles. The van der Waals surface area contributed by atoms with Gasteiger partial charge in [-0.2, -0.15) is 0 Å². The monoisotopic (exact) mass is 402 g/mol. The van der Waals surface area contributed by atoms with Crippen LogP contribution in [0.5, 0.6) is 0 Å². The van der Waals surface area contributed by atoms with Gasteiger partial charge in [-0.1, -0.05) is 0 Å². The molecule has 0 radical (unpaired) electrons. The summed E-state index contributed by atoms with van der Waals surface area (Å²) >= 11 is 0. The van der Waals surface area contributed by atoms with E-state index >= 15 is 0 Å². The van der Waals surface area contributed by atoms with Gasteiger partial charge in [0, 0.05) is 51.7 Å². The quantitative estimate of drug-likeness (QED) is 0.777. The summed E-state index contributed by atoms with van der Waals surface area (Å²) in [6.45, 7) is 0.643. The molecular weight excluding hydrogens is 380 g/mol. The Morgan fingerprint density at radius 2 is 1.82 bits per heavy atom. The lowest BCUT2D eigenvalue weighted by Crippen LogP contribution is -2.32. The van der Waals surface area contributed by atoms with Gasteiger partial charge in [-0.3, -0.25) is 14.6 Å². The van der Waals surface area contributed by atoms with Crippen molar-refractivity contribution in [2.45, 2.75) is 17.9 Å². The van der Waals surface area contributed by atoms with Gasteiger partial charge in [-0.05, 0) is 42.0 Å². The Morgan fingerprint density at radius 3 is 2.43 bits per heavy atom. The van der Waals surface area contributed by atoms with E-state index in [9.17, 15) is 18.0 Å². The molecule has 8 nitrogen and oxygen atoms in total. The van der Waals surface area contributed by atoms with Crippen molar-refractivity contribution < 1.29 is 18.0 Å². The van der Waals surface area contributed by atoms with Crippen LogP contribution in [0.15, 0.2) is 53.7 Å². The third kappa shape index (κ3) is 4.20. The van der Waals surface area contributed by atoms with Gasteiger partial charge in [0.2, 0.25) is 21.8 Å². The van der Waals surface area contributed by atoms with Crippen LogP contribution in [0, 0.1) is 5.92 Å². The van der Waals surface area contributed by atoms with Crippen molar-refractivity contribution in [1.82, 2.24) is 14.6 Å². The lowest BCUT2D eigenvalue weighted by atomic mass is 10.1.